The van der Waals surface area contributed by atoms with Crippen LogP contribution in [0.25, 0.3) is 6.08 Å². The average molecular weight is 528 g/mol. The molecular formula is C23H33Cl2Si2Zr. The van der Waals surface area contributed by atoms with Crippen LogP contribution in [0.5, 0.6) is 0 Å². The smallest absolute Gasteiger partial charge is 1.00 e. The second-order valence-electron chi connectivity index (χ2n) is 9.58. The van der Waals surface area contributed by atoms with Gasteiger partial charge >= 0.3 is 179 Å². The fourth-order valence-corrected chi connectivity index (χ4v) is 9.08. The molecule has 0 aromatic heterocycles. The number of halogens is 2. The molecule has 2 rings (SSSR count). The summed E-state index contributed by atoms with van der Waals surface area (Å²) in [4.78, 5) is 0. The van der Waals surface area contributed by atoms with Crippen LogP contribution in [-0.4, -0.2) is 16.1 Å². The van der Waals surface area contributed by atoms with Gasteiger partial charge in [-0.25, -0.2) is 0 Å². The summed E-state index contributed by atoms with van der Waals surface area (Å²) in [7, 11) is -2.74. The number of allylic oxidation sites excluding steroid dienone is 7. The van der Waals surface area contributed by atoms with Crippen molar-refractivity contribution in [1.82, 2.24) is 0 Å². The Morgan fingerprint density at radius 1 is 0.893 bits per heavy atom. The van der Waals surface area contributed by atoms with Crippen molar-refractivity contribution in [3.8, 4) is 0 Å². The molecule has 1 unspecified atom stereocenters. The molecule has 0 nitrogen and oxygen atoms in total. The van der Waals surface area contributed by atoms with Crippen LogP contribution in [0.3, 0.4) is 0 Å². The maximum Gasteiger partial charge on any atom is -1.00 e. The molecule has 5 heteroatoms. The van der Waals surface area contributed by atoms with Crippen LogP contribution in [0.4, 0.5) is 0 Å². The van der Waals surface area contributed by atoms with E-state index in [1.54, 1.807) is 10.4 Å². The van der Waals surface area contributed by atoms with Crippen LogP contribution in [0.2, 0.25) is 39.3 Å². The van der Waals surface area contributed by atoms with Crippen molar-refractivity contribution in [1.29, 1.82) is 0 Å². The molecule has 0 bridgehead atoms. The second-order valence-corrected chi connectivity index (χ2v) is 21.1. The first-order chi connectivity index (χ1) is 11.9. The van der Waals surface area contributed by atoms with Crippen LogP contribution in [0, 0.1) is 0 Å². The van der Waals surface area contributed by atoms with Crippen molar-refractivity contribution in [3.05, 3.63) is 72.9 Å². The van der Waals surface area contributed by atoms with E-state index < -0.39 is 16.1 Å². The first kappa shape index (κ1) is 28.1. The molecule has 0 heterocycles. The molecule has 0 spiro atoms. The van der Waals surface area contributed by atoms with Gasteiger partial charge in [-0.1, -0.05) is 0 Å². The molecule has 1 aromatic carbocycles. The van der Waals surface area contributed by atoms with Gasteiger partial charge < -0.3 is 24.8 Å². The van der Waals surface area contributed by atoms with Crippen LogP contribution >= 0.6 is 0 Å². The minimum Gasteiger partial charge on any atom is -1.00 e. The molecule has 151 valence electrons. The Hall–Kier alpha value is 0.0769. The van der Waals surface area contributed by atoms with Crippen molar-refractivity contribution >= 4 is 22.2 Å². The number of fused-ring (bicyclic) bond motifs is 1. The van der Waals surface area contributed by atoms with E-state index in [1.165, 1.54) is 44.7 Å². The normalized spacial score (nSPS) is 16.9. The molecule has 1 aromatic rings. The van der Waals surface area contributed by atoms with Crippen LogP contribution < -0.4 is 24.8 Å². The Balaban J connectivity index is 0.00000364. The van der Waals surface area contributed by atoms with Crippen molar-refractivity contribution < 1.29 is 49.5 Å². The zero-order chi connectivity index (χ0) is 19.7. The zero-order valence-electron chi connectivity index (χ0n) is 18.5. The van der Waals surface area contributed by atoms with Gasteiger partial charge in [-0.15, -0.1) is 0 Å². The molecule has 0 aliphatic heterocycles. The summed E-state index contributed by atoms with van der Waals surface area (Å²) in [5, 5.41) is 3.27. The molecular weight excluding hydrogens is 495 g/mol. The van der Waals surface area contributed by atoms with Crippen molar-refractivity contribution in [2.45, 2.75) is 59.0 Å². The summed E-state index contributed by atoms with van der Waals surface area (Å²) in [5.74, 6) is 0.462. The van der Waals surface area contributed by atoms with Crippen LogP contribution in [-0.2, 0) is 24.7 Å². The van der Waals surface area contributed by atoms with Gasteiger partial charge in [0.15, 0.2) is 0 Å². The van der Waals surface area contributed by atoms with E-state index in [0.29, 0.717) is 5.92 Å². The summed E-state index contributed by atoms with van der Waals surface area (Å²) in [6.45, 7) is 19.3. The first-order valence-corrected chi connectivity index (χ1v) is 17.7. The van der Waals surface area contributed by atoms with E-state index in [9.17, 15) is 0 Å². The molecule has 1 aliphatic carbocycles. The van der Waals surface area contributed by atoms with Gasteiger partial charge in [-0.2, -0.15) is 0 Å². The third-order valence-electron chi connectivity index (χ3n) is 4.96. The van der Waals surface area contributed by atoms with Crippen molar-refractivity contribution in [2.75, 3.05) is 0 Å². The molecule has 0 radical (unpaired) electrons. The first-order valence-electron chi connectivity index (χ1n) is 9.51. The summed E-state index contributed by atoms with van der Waals surface area (Å²) < 4.78 is 1.49. The van der Waals surface area contributed by atoms with Crippen LogP contribution in [0.15, 0.2) is 61.7 Å². The third-order valence-corrected chi connectivity index (χ3v) is 10.1. The van der Waals surface area contributed by atoms with E-state index in [0.717, 1.165) is 0 Å². The maximum atomic E-state index is 2.55. The largest absolute Gasteiger partial charge is 1.00 e. The van der Waals surface area contributed by atoms with E-state index in [-0.39, 0.29) is 24.8 Å². The van der Waals surface area contributed by atoms with E-state index in [4.69, 9.17) is 0 Å². The standard InChI is InChI=1S/C23H33Si2.2ClH.Zr/c1-18(2)22(24(3,4)5)14-11-15-23(25(6,7)8)21-17-16-19-12-9-10-13-20(19)21;;;/h9-10,12-17,21H,1-8H3;2*1H;/q;;;+2/p-2. The fraction of sp³-hybridized carbons (Fsp3) is 0.391. The molecule has 0 N–H and O–H groups in total. The molecule has 0 amide bonds. The predicted molar refractivity (Wildman–Crippen MR) is 119 cm³/mol. The Morgan fingerprint density at radius 2 is 1.46 bits per heavy atom. The summed E-state index contributed by atoms with van der Waals surface area (Å²) in [6.07, 6.45) is 9.78. The number of hydrogen-bond acceptors (Lipinski definition) is 0. The van der Waals surface area contributed by atoms with E-state index in [1.807, 2.05) is 0 Å². The average Bonchev–Trinajstić information content (AvgIpc) is 2.91. The number of rotatable bonds is 5. The van der Waals surface area contributed by atoms with Gasteiger partial charge in [0.1, 0.15) is 0 Å². The summed E-state index contributed by atoms with van der Waals surface area (Å²) >= 11 is 1.52. The van der Waals surface area contributed by atoms with Gasteiger partial charge in [0, 0.05) is 0 Å². The quantitative estimate of drug-likeness (QED) is 0.400. The molecule has 28 heavy (non-hydrogen) atoms. The Morgan fingerprint density at radius 3 is 1.96 bits per heavy atom. The van der Waals surface area contributed by atoms with Crippen molar-refractivity contribution in [3.63, 3.8) is 0 Å². The Kier molecular flexibility index (Phi) is 10.9. The van der Waals surface area contributed by atoms with Crippen molar-refractivity contribution in [2.24, 2.45) is 0 Å². The molecule has 0 saturated carbocycles. The SMILES string of the molecule is CC(C)=C(C=[C]([Zr+2])C=C(C1C=Cc2ccccc21)[Si](C)(C)C)[Si](C)(C)C.[Cl-].[Cl-]. The molecule has 0 saturated heterocycles. The van der Waals surface area contributed by atoms with Gasteiger partial charge in [0.05, 0.1) is 0 Å². The van der Waals surface area contributed by atoms with E-state index in [2.05, 4.69) is 102 Å². The van der Waals surface area contributed by atoms with E-state index >= 15 is 0 Å². The van der Waals surface area contributed by atoms with Gasteiger partial charge in [-0.3, -0.25) is 0 Å². The Bertz CT molecular complexity index is 803. The molecule has 1 aliphatic rings. The maximum absolute atomic E-state index is 2.55. The fourth-order valence-electron chi connectivity index (χ4n) is 3.77. The Labute approximate surface area is 202 Å². The van der Waals surface area contributed by atoms with Gasteiger partial charge in [0.2, 0.25) is 0 Å². The monoisotopic (exact) mass is 525 g/mol. The number of hydrogen-bond donors (Lipinski definition) is 0. The van der Waals surface area contributed by atoms with Gasteiger partial charge in [0.25, 0.3) is 0 Å². The minimum atomic E-state index is -1.43. The predicted octanol–water partition coefficient (Wildman–Crippen LogP) is 1.25. The van der Waals surface area contributed by atoms with Crippen LogP contribution in [0.1, 0.15) is 30.9 Å². The van der Waals surface area contributed by atoms with Gasteiger partial charge in [-0.05, 0) is 0 Å². The summed E-state index contributed by atoms with van der Waals surface area (Å²) in [5.41, 5.74) is 4.36. The third kappa shape index (κ3) is 7.09. The molecule has 0 fully saturated rings. The molecule has 1 atom stereocenters. The number of benzene rings is 1. The summed E-state index contributed by atoms with van der Waals surface area (Å²) in [6, 6.07) is 8.88. The second kappa shape index (κ2) is 10.9. The minimum absolute atomic E-state index is 0. The zero-order valence-corrected chi connectivity index (χ0v) is 24.4. The topological polar surface area (TPSA) is 0 Å².